The Morgan fingerprint density at radius 2 is 1.93 bits per heavy atom. The van der Waals surface area contributed by atoms with Crippen LogP contribution in [0.5, 0.6) is 11.6 Å². The minimum Gasteiger partial charge on any atom is -0.495 e. The molecule has 0 unspecified atom stereocenters. The van der Waals surface area contributed by atoms with Crippen LogP contribution in [0.4, 0.5) is 11.6 Å². The van der Waals surface area contributed by atoms with Crippen LogP contribution in [0, 0.1) is 6.92 Å². The molecular weight excluding hydrogens is 536 g/mol. The molecule has 0 atom stereocenters. The molecule has 3 heterocycles. The third kappa shape index (κ3) is 5.00. The van der Waals surface area contributed by atoms with Gasteiger partial charge in [-0.1, -0.05) is 6.07 Å². The van der Waals surface area contributed by atoms with Gasteiger partial charge in [-0.2, -0.15) is 9.97 Å². The van der Waals surface area contributed by atoms with Gasteiger partial charge < -0.3 is 34.6 Å². The van der Waals surface area contributed by atoms with Gasteiger partial charge in [0.25, 0.3) is 5.91 Å². The largest absolute Gasteiger partial charge is 0.495 e. The number of hydrogen-bond donors (Lipinski definition) is 4. The van der Waals surface area contributed by atoms with Crippen molar-refractivity contribution in [2.75, 3.05) is 12.4 Å². The molecule has 216 valence electrons. The van der Waals surface area contributed by atoms with E-state index in [0.29, 0.717) is 58.8 Å². The molecule has 5 aromatic rings. The fraction of sp³-hybridized carbons (Fsp3) is 0.355. The van der Waals surface area contributed by atoms with Crippen LogP contribution in [0.15, 0.2) is 47.0 Å². The Morgan fingerprint density at radius 3 is 2.71 bits per heavy atom. The predicted molar refractivity (Wildman–Crippen MR) is 157 cm³/mol. The number of nitrogens with one attached hydrogen (secondary N) is 3. The van der Waals surface area contributed by atoms with Crippen molar-refractivity contribution in [2.24, 2.45) is 0 Å². The van der Waals surface area contributed by atoms with Gasteiger partial charge >= 0.3 is 0 Å². The summed E-state index contributed by atoms with van der Waals surface area (Å²) in [5, 5.41) is 16.5. The standard InChI is InChI=1S/C31H32N6O5/c1-16-33-24-9-7-17(11-26(24)41-16)22-15-32-28-27(22)30(42-21-5-3-4-6-21)37-31(36-28)35-23-10-8-18(12-25(23)40-2)29(39)34-19-13-20(38)14-19/h7-12,15,19-21,38H,3-6,13-14H2,1-2H3,(H,34,39)(H2,32,35,36,37)/t19-,20-. The van der Waals surface area contributed by atoms with Gasteiger partial charge in [0.05, 0.1) is 24.3 Å². The van der Waals surface area contributed by atoms with E-state index >= 15 is 0 Å². The van der Waals surface area contributed by atoms with Gasteiger partial charge in [0.1, 0.15) is 23.0 Å². The quantitative estimate of drug-likeness (QED) is 0.193. The zero-order valence-corrected chi connectivity index (χ0v) is 23.4. The molecule has 0 radical (unpaired) electrons. The predicted octanol–water partition coefficient (Wildman–Crippen LogP) is 5.40. The highest BCUT2D eigenvalue weighted by atomic mass is 16.5. The number of hydrogen-bond acceptors (Lipinski definition) is 9. The maximum Gasteiger partial charge on any atom is 0.251 e. The molecule has 2 aliphatic rings. The molecule has 2 saturated carbocycles. The molecule has 42 heavy (non-hydrogen) atoms. The molecule has 1 amide bonds. The van der Waals surface area contributed by atoms with Crippen molar-refractivity contribution in [3.05, 3.63) is 54.0 Å². The zero-order chi connectivity index (χ0) is 28.8. The van der Waals surface area contributed by atoms with Crippen molar-refractivity contribution in [3.63, 3.8) is 0 Å². The highest BCUT2D eigenvalue weighted by Gasteiger charge is 2.29. The van der Waals surface area contributed by atoms with E-state index < -0.39 is 0 Å². The van der Waals surface area contributed by atoms with E-state index in [1.807, 2.05) is 31.3 Å². The number of carbonyl (C=O) groups is 1. The van der Waals surface area contributed by atoms with Crippen LogP contribution in [-0.4, -0.2) is 56.3 Å². The minimum absolute atomic E-state index is 0.0119. The smallest absolute Gasteiger partial charge is 0.251 e. The molecule has 2 fully saturated rings. The third-order valence-corrected chi connectivity index (χ3v) is 8.04. The number of amides is 1. The molecule has 3 aromatic heterocycles. The summed E-state index contributed by atoms with van der Waals surface area (Å²) >= 11 is 0. The van der Waals surface area contributed by atoms with Crippen LogP contribution in [0.2, 0.25) is 0 Å². The average molecular weight is 569 g/mol. The summed E-state index contributed by atoms with van der Waals surface area (Å²) in [6.45, 7) is 1.83. The van der Waals surface area contributed by atoms with E-state index in [9.17, 15) is 9.90 Å². The van der Waals surface area contributed by atoms with Gasteiger partial charge in [0, 0.05) is 30.3 Å². The molecule has 0 bridgehead atoms. The molecule has 11 heteroatoms. The van der Waals surface area contributed by atoms with Crippen molar-refractivity contribution >= 4 is 39.7 Å². The number of aliphatic hydroxyl groups excluding tert-OH is 1. The van der Waals surface area contributed by atoms with E-state index in [-0.39, 0.29) is 24.2 Å². The van der Waals surface area contributed by atoms with E-state index in [4.69, 9.17) is 23.9 Å². The van der Waals surface area contributed by atoms with Gasteiger partial charge in [-0.25, -0.2) is 4.98 Å². The molecule has 11 nitrogen and oxygen atoms in total. The number of ether oxygens (including phenoxy) is 2. The first-order valence-electron chi connectivity index (χ1n) is 14.3. The Labute approximate surface area is 241 Å². The summed E-state index contributed by atoms with van der Waals surface area (Å²) in [5.74, 6) is 1.72. The number of methoxy groups -OCH3 is 1. The number of aliphatic hydroxyl groups is 1. The van der Waals surface area contributed by atoms with E-state index in [2.05, 4.69) is 20.6 Å². The van der Waals surface area contributed by atoms with Gasteiger partial charge in [-0.15, -0.1) is 0 Å². The van der Waals surface area contributed by atoms with Crippen LogP contribution in [0.3, 0.4) is 0 Å². The number of H-pyrrole nitrogens is 1. The number of aryl methyl sites for hydroxylation is 1. The summed E-state index contributed by atoms with van der Waals surface area (Å²) in [6.07, 6.45) is 7.02. The van der Waals surface area contributed by atoms with Gasteiger partial charge in [-0.3, -0.25) is 4.79 Å². The van der Waals surface area contributed by atoms with Crippen LogP contribution in [0.25, 0.3) is 33.3 Å². The molecule has 0 saturated heterocycles. The maximum absolute atomic E-state index is 12.7. The Bertz CT molecular complexity index is 1780. The lowest BCUT2D eigenvalue weighted by atomic mass is 9.89. The first kappa shape index (κ1) is 26.3. The summed E-state index contributed by atoms with van der Waals surface area (Å²) in [6, 6.07) is 11.1. The van der Waals surface area contributed by atoms with Crippen LogP contribution in [0.1, 0.15) is 54.8 Å². The topological polar surface area (TPSA) is 147 Å². The van der Waals surface area contributed by atoms with Crippen LogP contribution in [-0.2, 0) is 0 Å². The van der Waals surface area contributed by atoms with Crippen molar-refractivity contribution in [1.29, 1.82) is 0 Å². The SMILES string of the molecule is COc1cc(C(=O)N[C@H]2C[C@H](O)C2)ccc1Nc1nc(OC2CCCC2)c2c(-c3ccc4nc(C)oc4c3)c[nH]c2n1. The number of fused-ring (bicyclic) bond motifs is 2. The number of benzene rings is 2. The maximum atomic E-state index is 12.7. The van der Waals surface area contributed by atoms with Gasteiger partial charge in [0.2, 0.25) is 11.8 Å². The minimum atomic E-state index is -0.340. The van der Waals surface area contributed by atoms with E-state index in [1.165, 1.54) is 0 Å². The first-order chi connectivity index (χ1) is 20.4. The Kier molecular flexibility index (Phi) is 6.66. The van der Waals surface area contributed by atoms with Crippen LogP contribution >= 0.6 is 0 Å². The van der Waals surface area contributed by atoms with Gasteiger partial charge in [0.15, 0.2) is 11.5 Å². The van der Waals surface area contributed by atoms with Gasteiger partial charge in [-0.05, 0) is 74.4 Å². The van der Waals surface area contributed by atoms with E-state index in [1.54, 1.807) is 25.3 Å². The Balaban J connectivity index is 1.22. The lowest BCUT2D eigenvalue weighted by Gasteiger charge is -2.31. The zero-order valence-electron chi connectivity index (χ0n) is 23.4. The van der Waals surface area contributed by atoms with Crippen molar-refractivity contribution in [1.82, 2.24) is 25.3 Å². The second-order valence-electron chi connectivity index (χ2n) is 11.1. The fourth-order valence-corrected chi connectivity index (χ4v) is 5.77. The lowest BCUT2D eigenvalue weighted by Crippen LogP contribution is -2.46. The van der Waals surface area contributed by atoms with Crippen LogP contribution < -0.4 is 20.1 Å². The number of anilines is 2. The Morgan fingerprint density at radius 1 is 1.10 bits per heavy atom. The number of aromatic nitrogens is 4. The number of rotatable bonds is 8. The van der Waals surface area contributed by atoms with E-state index in [0.717, 1.165) is 47.7 Å². The lowest BCUT2D eigenvalue weighted by molar-refractivity contribution is 0.0562. The molecule has 7 rings (SSSR count). The second kappa shape index (κ2) is 10.6. The van der Waals surface area contributed by atoms with Crippen molar-refractivity contribution in [2.45, 2.75) is 63.7 Å². The van der Waals surface area contributed by atoms with Crippen molar-refractivity contribution < 1.29 is 23.8 Å². The molecular formula is C31H32N6O5. The first-order valence-corrected chi connectivity index (χ1v) is 14.3. The number of nitrogens with zero attached hydrogens (tertiary/aromatic N) is 3. The highest BCUT2D eigenvalue weighted by Crippen LogP contribution is 2.38. The average Bonchev–Trinajstić information content (AvgIpc) is 3.71. The molecule has 4 N–H and O–H groups in total. The monoisotopic (exact) mass is 568 g/mol. The summed E-state index contributed by atoms with van der Waals surface area (Å²) < 4.78 is 17.9. The number of oxazole rings is 1. The van der Waals surface area contributed by atoms with Crippen molar-refractivity contribution in [3.8, 4) is 22.8 Å². The highest BCUT2D eigenvalue weighted by molar-refractivity contribution is 5.99. The normalized spacial score (nSPS) is 18.7. The Hall–Kier alpha value is -4.64. The second-order valence-corrected chi connectivity index (χ2v) is 11.1. The summed E-state index contributed by atoms with van der Waals surface area (Å²) in [7, 11) is 1.55. The third-order valence-electron chi connectivity index (χ3n) is 8.04. The summed E-state index contributed by atoms with van der Waals surface area (Å²) in [4.78, 5) is 30.0. The fourth-order valence-electron chi connectivity index (χ4n) is 5.77. The molecule has 2 aliphatic carbocycles. The summed E-state index contributed by atoms with van der Waals surface area (Å²) in [5.41, 5.74) is 5.07. The molecule has 0 aliphatic heterocycles. The number of carbonyl (C=O) groups excluding carboxylic acids is 1. The molecule has 2 aromatic carbocycles. The number of aromatic amines is 1. The molecule has 0 spiro atoms.